The van der Waals surface area contributed by atoms with E-state index in [1.807, 2.05) is 12.1 Å². The number of likely N-dealkylation sites (tertiary alicyclic amines) is 1. The highest BCUT2D eigenvalue weighted by Crippen LogP contribution is 2.25. The Morgan fingerprint density at radius 2 is 1.97 bits per heavy atom. The van der Waals surface area contributed by atoms with Gasteiger partial charge in [0.05, 0.1) is 18.0 Å². The summed E-state index contributed by atoms with van der Waals surface area (Å²) in [5.74, 6) is 3.03. The number of hydrogen-bond acceptors (Lipinski definition) is 5. The van der Waals surface area contributed by atoms with Crippen LogP contribution in [0.5, 0.6) is 0 Å². The number of aromatic nitrogens is 1. The van der Waals surface area contributed by atoms with Gasteiger partial charge in [0.1, 0.15) is 12.3 Å². The maximum Gasteiger partial charge on any atom is 0.191 e. The number of rotatable bonds is 10. The SMILES string of the molecule is CCNC(=NCc1cc(C(CC)CC)no1)NCC(c1ccco1)N1CCCC1.I. The molecule has 1 unspecified atom stereocenters. The molecule has 3 rings (SSSR count). The van der Waals surface area contributed by atoms with E-state index < -0.39 is 0 Å². The smallest absolute Gasteiger partial charge is 0.191 e. The predicted molar refractivity (Wildman–Crippen MR) is 130 cm³/mol. The summed E-state index contributed by atoms with van der Waals surface area (Å²) in [6.07, 6.45) is 6.38. The van der Waals surface area contributed by atoms with Crippen LogP contribution in [0.2, 0.25) is 0 Å². The Labute approximate surface area is 197 Å². The lowest BCUT2D eigenvalue weighted by Crippen LogP contribution is -2.42. The van der Waals surface area contributed by atoms with Gasteiger partial charge in [0.15, 0.2) is 11.7 Å². The molecule has 8 heteroatoms. The van der Waals surface area contributed by atoms with Crippen molar-refractivity contribution in [3.63, 3.8) is 0 Å². The molecule has 0 aromatic carbocycles. The zero-order valence-electron chi connectivity index (χ0n) is 18.4. The first-order valence-corrected chi connectivity index (χ1v) is 11.0. The molecule has 0 radical (unpaired) electrons. The second kappa shape index (κ2) is 13.0. The van der Waals surface area contributed by atoms with Crippen molar-refractivity contribution in [3.05, 3.63) is 41.7 Å². The molecule has 2 N–H and O–H groups in total. The van der Waals surface area contributed by atoms with Gasteiger partial charge in [0.25, 0.3) is 0 Å². The van der Waals surface area contributed by atoms with E-state index in [2.05, 4.69) is 47.5 Å². The highest BCUT2D eigenvalue weighted by Gasteiger charge is 2.25. The molecule has 168 valence electrons. The summed E-state index contributed by atoms with van der Waals surface area (Å²) in [6.45, 7) is 10.7. The third-order valence-electron chi connectivity index (χ3n) is 5.63. The predicted octanol–water partition coefficient (Wildman–Crippen LogP) is 4.68. The van der Waals surface area contributed by atoms with E-state index in [1.54, 1.807) is 6.26 Å². The number of aliphatic imine (C=N–C) groups is 1. The van der Waals surface area contributed by atoms with Gasteiger partial charge in [-0.15, -0.1) is 24.0 Å². The molecule has 1 aliphatic rings. The molecule has 0 saturated carbocycles. The van der Waals surface area contributed by atoms with Crippen LogP contribution in [0.3, 0.4) is 0 Å². The first-order chi connectivity index (χ1) is 14.2. The Bertz CT molecular complexity index is 737. The molecule has 1 atom stereocenters. The van der Waals surface area contributed by atoms with Gasteiger partial charge in [-0.05, 0) is 57.8 Å². The van der Waals surface area contributed by atoms with Gasteiger partial charge < -0.3 is 19.6 Å². The highest BCUT2D eigenvalue weighted by molar-refractivity contribution is 14.0. The number of nitrogens with zero attached hydrogens (tertiary/aromatic N) is 3. The lowest BCUT2D eigenvalue weighted by atomic mass is 9.99. The lowest BCUT2D eigenvalue weighted by molar-refractivity contribution is 0.215. The standard InChI is InChI=1S/C22H35N5O2.HI/c1-4-17(5-2)19-14-18(29-26-19)15-24-22(23-6-3)25-16-20(21-10-9-13-28-21)27-11-7-8-12-27;/h9-10,13-14,17,20H,4-8,11-12,15-16H2,1-3H3,(H2,23,24,25);1H. The number of guanidine groups is 1. The molecule has 7 nitrogen and oxygen atoms in total. The van der Waals surface area contributed by atoms with Crippen LogP contribution in [-0.2, 0) is 6.54 Å². The minimum Gasteiger partial charge on any atom is -0.468 e. The van der Waals surface area contributed by atoms with Crippen molar-refractivity contribution in [3.8, 4) is 0 Å². The van der Waals surface area contributed by atoms with Gasteiger partial charge in [-0.1, -0.05) is 19.0 Å². The van der Waals surface area contributed by atoms with Crippen molar-refractivity contribution >= 4 is 29.9 Å². The molecule has 0 bridgehead atoms. The van der Waals surface area contributed by atoms with Crippen LogP contribution in [0.15, 0.2) is 38.4 Å². The van der Waals surface area contributed by atoms with Crippen molar-refractivity contribution in [1.82, 2.24) is 20.7 Å². The van der Waals surface area contributed by atoms with Crippen molar-refractivity contribution < 1.29 is 8.94 Å². The monoisotopic (exact) mass is 529 g/mol. The summed E-state index contributed by atoms with van der Waals surface area (Å²) in [4.78, 5) is 7.18. The van der Waals surface area contributed by atoms with E-state index in [9.17, 15) is 0 Å². The van der Waals surface area contributed by atoms with Crippen molar-refractivity contribution in [2.24, 2.45) is 4.99 Å². The molecule has 30 heavy (non-hydrogen) atoms. The maximum atomic E-state index is 5.71. The quantitative estimate of drug-likeness (QED) is 0.264. The van der Waals surface area contributed by atoms with Gasteiger partial charge in [0, 0.05) is 25.1 Å². The minimum absolute atomic E-state index is 0. The molecule has 2 aromatic rings. The van der Waals surface area contributed by atoms with Gasteiger partial charge in [-0.2, -0.15) is 0 Å². The Hall–Kier alpha value is -1.55. The van der Waals surface area contributed by atoms with E-state index >= 15 is 0 Å². The second-order valence-electron chi connectivity index (χ2n) is 7.58. The van der Waals surface area contributed by atoms with Crippen molar-refractivity contribution in [1.29, 1.82) is 0 Å². The molecule has 0 spiro atoms. The number of halogens is 1. The Kier molecular flexibility index (Phi) is 10.7. The van der Waals surface area contributed by atoms with Crippen LogP contribution in [0, 0.1) is 0 Å². The molecule has 1 aliphatic heterocycles. The molecule has 0 amide bonds. The number of hydrogen-bond donors (Lipinski definition) is 2. The lowest BCUT2D eigenvalue weighted by Gasteiger charge is -2.26. The topological polar surface area (TPSA) is 78.8 Å². The van der Waals surface area contributed by atoms with E-state index in [1.165, 1.54) is 12.8 Å². The van der Waals surface area contributed by atoms with Crippen LogP contribution in [0.1, 0.15) is 75.6 Å². The molecule has 1 saturated heterocycles. The summed E-state index contributed by atoms with van der Waals surface area (Å²) < 4.78 is 11.2. The Morgan fingerprint density at radius 3 is 2.60 bits per heavy atom. The average molecular weight is 529 g/mol. The Balaban J connectivity index is 0.00000320. The first kappa shape index (κ1) is 24.7. The fourth-order valence-corrected chi connectivity index (χ4v) is 3.94. The highest BCUT2D eigenvalue weighted by atomic mass is 127. The van der Waals surface area contributed by atoms with E-state index in [0.29, 0.717) is 12.5 Å². The number of nitrogens with one attached hydrogen (secondary N) is 2. The zero-order chi connectivity index (χ0) is 20.5. The normalized spacial score (nSPS) is 15.9. The summed E-state index contributed by atoms with van der Waals surface area (Å²) >= 11 is 0. The fourth-order valence-electron chi connectivity index (χ4n) is 3.94. The van der Waals surface area contributed by atoms with Crippen LogP contribution in [0.4, 0.5) is 0 Å². The van der Waals surface area contributed by atoms with Gasteiger partial charge in [-0.25, -0.2) is 4.99 Å². The van der Waals surface area contributed by atoms with E-state index in [-0.39, 0.29) is 30.0 Å². The van der Waals surface area contributed by atoms with Gasteiger partial charge >= 0.3 is 0 Å². The molecule has 0 aliphatic carbocycles. The fraction of sp³-hybridized carbons (Fsp3) is 0.636. The van der Waals surface area contributed by atoms with Crippen LogP contribution >= 0.6 is 24.0 Å². The van der Waals surface area contributed by atoms with E-state index in [4.69, 9.17) is 13.9 Å². The minimum atomic E-state index is 0. The van der Waals surface area contributed by atoms with Crippen molar-refractivity contribution in [2.75, 3.05) is 26.2 Å². The van der Waals surface area contributed by atoms with Crippen LogP contribution in [0.25, 0.3) is 0 Å². The maximum absolute atomic E-state index is 5.71. The number of furan rings is 1. The molecule has 2 aromatic heterocycles. The largest absolute Gasteiger partial charge is 0.468 e. The summed E-state index contributed by atoms with van der Waals surface area (Å²) in [5, 5.41) is 11.0. The van der Waals surface area contributed by atoms with Crippen LogP contribution in [-0.4, -0.2) is 42.2 Å². The van der Waals surface area contributed by atoms with Crippen molar-refractivity contribution in [2.45, 2.75) is 65.0 Å². The van der Waals surface area contributed by atoms with Gasteiger partial charge in [0.2, 0.25) is 0 Å². The molecule has 1 fully saturated rings. The van der Waals surface area contributed by atoms with Gasteiger partial charge in [-0.3, -0.25) is 4.90 Å². The zero-order valence-corrected chi connectivity index (χ0v) is 20.7. The summed E-state index contributed by atoms with van der Waals surface area (Å²) in [6, 6.07) is 6.27. The third kappa shape index (κ3) is 6.73. The van der Waals surface area contributed by atoms with E-state index in [0.717, 1.165) is 62.2 Å². The second-order valence-corrected chi connectivity index (χ2v) is 7.58. The summed E-state index contributed by atoms with van der Waals surface area (Å²) in [5.41, 5.74) is 1.03. The summed E-state index contributed by atoms with van der Waals surface area (Å²) in [7, 11) is 0. The third-order valence-corrected chi connectivity index (χ3v) is 5.63. The van der Waals surface area contributed by atoms with Crippen LogP contribution < -0.4 is 10.6 Å². The molecular formula is C22H36IN5O2. The first-order valence-electron chi connectivity index (χ1n) is 11.0. The Morgan fingerprint density at radius 1 is 1.20 bits per heavy atom. The molecular weight excluding hydrogens is 493 g/mol. The average Bonchev–Trinajstić information content (AvgIpc) is 3.50. The molecule has 3 heterocycles.